The quantitative estimate of drug-likeness (QED) is 0.376. The molecule has 0 fully saturated rings. The normalized spacial score (nSPS) is 10.6. The lowest BCUT2D eigenvalue weighted by Crippen LogP contribution is -2.13. The van der Waals surface area contributed by atoms with Crippen molar-refractivity contribution in [2.75, 3.05) is 32.0 Å². The van der Waals surface area contributed by atoms with E-state index in [1.165, 1.54) is 25.6 Å². The Labute approximate surface area is 188 Å². The van der Waals surface area contributed by atoms with E-state index in [-0.39, 0.29) is 11.8 Å². The topological polar surface area (TPSA) is 102 Å². The molecule has 4 aromatic rings. The van der Waals surface area contributed by atoms with Crippen LogP contribution in [0.15, 0.2) is 53.9 Å². The van der Waals surface area contributed by atoms with Crippen LogP contribution in [0.25, 0.3) is 10.9 Å². The number of anilines is 2. The molecule has 2 heterocycles. The second-order valence-electron chi connectivity index (χ2n) is 6.75. The van der Waals surface area contributed by atoms with Crippen LogP contribution in [0.5, 0.6) is 17.2 Å². The number of hydrogen-bond acceptors (Lipinski definition) is 6. The summed E-state index contributed by atoms with van der Waals surface area (Å²) < 4.78 is 16.2. The molecule has 3 N–H and O–H groups in total. The summed E-state index contributed by atoms with van der Waals surface area (Å²) in [5.41, 5.74) is 2.15. The van der Waals surface area contributed by atoms with E-state index in [9.17, 15) is 9.59 Å². The standard InChI is InChI=1S/C23H21N3O5S/c1-29-17-12-18(30-2)21(31-3)20-15(17)11-16(26-20)22(27)24-13-6-8-14(9-7-13)25-23(28)19-5-4-10-32-19/h4-12,26H,1-3H3,(H,24,27)(H,25,28). The van der Waals surface area contributed by atoms with Gasteiger partial charge in [0.15, 0.2) is 11.5 Å². The summed E-state index contributed by atoms with van der Waals surface area (Å²) in [6, 6.07) is 13.9. The van der Waals surface area contributed by atoms with E-state index in [1.807, 2.05) is 11.4 Å². The van der Waals surface area contributed by atoms with Gasteiger partial charge < -0.3 is 29.8 Å². The Hall–Kier alpha value is -3.98. The Bertz CT molecular complexity index is 1260. The number of rotatable bonds is 7. The number of fused-ring (bicyclic) bond motifs is 1. The minimum atomic E-state index is -0.334. The number of amides is 2. The molecule has 164 valence electrons. The molecule has 4 rings (SSSR count). The van der Waals surface area contributed by atoms with Gasteiger partial charge in [-0.1, -0.05) is 6.07 Å². The van der Waals surface area contributed by atoms with Gasteiger partial charge in [0.05, 0.1) is 31.7 Å². The molecule has 0 saturated heterocycles. The van der Waals surface area contributed by atoms with Gasteiger partial charge in [-0.3, -0.25) is 9.59 Å². The van der Waals surface area contributed by atoms with Crippen molar-refractivity contribution >= 4 is 45.4 Å². The first-order valence-electron chi connectivity index (χ1n) is 9.62. The van der Waals surface area contributed by atoms with Crippen molar-refractivity contribution in [3.8, 4) is 17.2 Å². The van der Waals surface area contributed by atoms with Gasteiger partial charge in [0, 0.05) is 22.8 Å². The van der Waals surface area contributed by atoms with Crippen molar-refractivity contribution in [2.45, 2.75) is 0 Å². The van der Waals surface area contributed by atoms with Gasteiger partial charge in [-0.05, 0) is 41.8 Å². The molecule has 0 aliphatic rings. The molecule has 0 radical (unpaired) electrons. The smallest absolute Gasteiger partial charge is 0.272 e. The number of H-pyrrole nitrogens is 1. The maximum atomic E-state index is 12.8. The third-order valence-electron chi connectivity index (χ3n) is 4.83. The zero-order valence-electron chi connectivity index (χ0n) is 17.6. The molecule has 0 aliphatic carbocycles. The van der Waals surface area contributed by atoms with Crippen molar-refractivity contribution in [3.05, 3.63) is 64.5 Å². The highest BCUT2D eigenvalue weighted by Gasteiger charge is 2.19. The molecule has 2 aromatic carbocycles. The lowest BCUT2D eigenvalue weighted by Gasteiger charge is -2.11. The number of aromatic amines is 1. The Kier molecular flexibility index (Phi) is 6.00. The fraction of sp³-hybridized carbons (Fsp3) is 0.130. The summed E-state index contributed by atoms with van der Waals surface area (Å²) in [5.74, 6) is 1.02. The number of aromatic nitrogens is 1. The van der Waals surface area contributed by atoms with Crippen molar-refractivity contribution in [2.24, 2.45) is 0 Å². The highest BCUT2D eigenvalue weighted by Crippen LogP contribution is 2.41. The number of ether oxygens (including phenoxy) is 3. The summed E-state index contributed by atoms with van der Waals surface area (Å²) in [6.07, 6.45) is 0. The Balaban J connectivity index is 1.53. The van der Waals surface area contributed by atoms with E-state index < -0.39 is 0 Å². The second kappa shape index (κ2) is 9.03. The fourth-order valence-corrected chi connectivity index (χ4v) is 3.91. The zero-order chi connectivity index (χ0) is 22.7. The molecule has 9 heteroatoms. The average Bonchev–Trinajstić information content (AvgIpc) is 3.49. The van der Waals surface area contributed by atoms with Crippen LogP contribution < -0.4 is 24.8 Å². The van der Waals surface area contributed by atoms with Crippen molar-refractivity contribution in [3.63, 3.8) is 0 Å². The molecule has 2 amide bonds. The van der Waals surface area contributed by atoms with E-state index in [1.54, 1.807) is 49.6 Å². The SMILES string of the molecule is COc1cc(OC)c2cc(C(=O)Nc3ccc(NC(=O)c4cccs4)cc3)[nH]c2c1OC. The first-order valence-corrected chi connectivity index (χ1v) is 10.5. The summed E-state index contributed by atoms with van der Waals surface area (Å²) in [4.78, 5) is 28.7. The van der Waals surface area contributed by atoms with Gasteiger partial charge in [-0.15, -0.1) is 11.3 Å². The number of carbonyl (C=O) groups is 2. The molecule has 0 unspecified atom stereocenters. The number of methoxy groups -OCH3 is 3. The van der Waals surface area contributed by atoms with E-state index in [4.69, 9.17) is 14.2 Å². The maximum Gasteiger partial charge on any atom is 0.272 e. The zero-order valence-corrected chi connectivity index (χ0v) is 18.5. The summed E-state index contributed by atoms with van der Waals surface area (Å²) in [6.45, 7) is 0. The Morgan fingerprint density at radius 2 is 1.50 bits per heavy atom. The van der Waals surface area contributed by atoms with E-state index >= 15 is 0 Å². The van der Waals surface area contributed by atoms with E-state index in [0.29, 0.717) is 50.1 Å². The highest BCUT2D eigenvalue weighted by molar-refractivity contribution is 7.12. The number of carbonyl (C=O) groups excluding carboxylic acids is 2. The van der Waals surface area contributed by atoms with Crippen molar-refractivity contribution < 1.29 is 23.8 Å². The Morgan fingerprint density at radius 3 is 2.06 bits per heavy atom. The van der Waals surface area contributed by atoms with Crippen molar-refractivity contribution in [1.82, 2.24) is 4.98 Å². The average molecular weight is 452 g/mol. The predicted molar refractivity (Wildman–Crippen MR) is 125 cm³/mol. The fourth-order valence-electron chi connectivity index (χ4n) is 3.29. The molecular formula is C23H21N3O5S. The number of hydrogen-bond donors (Lipinski definition) is 3. The second-order valence-corrected chi connectivity index (χ2v) is 7.70. The molecule has 0 saturated carbocycles. The summed E-state index contributed by atoms with van der Waals surface area (Å²) >= 11 is 1.37. The molecule has 0 bridgehead atoms. The van der Waals surface area contributed by atoms with Crippen LogP contribution in [0.1, 0.15) is 20.2 Å². The first kappa shape index (κ1) is 21.3. The van der Waals surface area contributed by atoms with E-state index in [2.05, 4.69) is 15.6 Å². The van der Waals surface area contributed by atoms with E-state index in [0.717, 1.165) is 0 Å². The Morgan fingerprint density at radius 1 is 0.844 bits per heavy atom. The van der Waals surface area contributed by atoms with Crippen LogP contribution >= 0.6 is 11.3 Å². The van der Waals surface area contributed by atoms with Gasteiger partial charge in [0.1, 0.15) is 11.4 Å². The third-order valence-corrected chi connectivity index (χ3v) is 5.70. The van der Waals surface area contributed by atoms with Crippen LogP contribution in [0, 0.1) is 0 Å². The molecule has 32 heavy (non-hydrogen) atoms. The minimum Gasteiger partial charge on any atom is -0.496 e. The van der Waals surface area contributed by atoms with Gasteiger partial charge in [-0.25, -0.2) is 0 Å². The predicted octanol–water partition coefficient (Wildman–Crippen LogP) is 4.76. The van der Waals surface area contributed by atoms with Crippen LogP contribution in [-0.2, 0) is 0 Å². The summed E-state index contributed by atoms with van der Waals surface area (Å²) in [5, 5.41) is 8.20. The number of benzene rings is 2. The van der Waals surface area contributed by atoms with Gasteiger partial charge in [0.2, 0.25) is 0 Å². The highest BCUT2D eigenvalue weighted by atomic mass is 32.1. The molecule has 8 nitrogen and oxygen atoms in total. The molecule has 0 aliphatic heterocycles. The van der Waals surface area contributed by atoms with Crippen LogP contribution in [-0.4, -0.2) is 38.1 Å². The van der Waals surface area contributed by atoms with Crippen molar-refractivity contribution in [1.29, 1.82) is 0 Å². The number of nitrogens with one attached hydrogen (secondary N) is 3. The lowest BCUT2D eigenvalue weighted by atomic mass is 10.2. The molecule has 0 atom stereocenters. The largest absolute Gasteiger partial charge is 0.496 e. The van der Waals surface area contributed by atoms with Crippen LogP contribution in [0.3, 0.4) is 0 Å². The van der Waals surface area contributed by atoms with Gasteiger partial charge in [0.25, 0.3) is 11.8 Å². The maximum absolute atomic E-state index is 12.8. The minimum absolute atomic E-state index is 0.173. The molecular weight excluding hydrogens is 430 g/mol. The summed E-state index contributed by atoms with van der Waals surface area (Å²) in [7, 11) is 4.61. The third kappa shape index (κ3) is 4.10. The number of thiophene rings is 1. The molecule has 2 aromatic heterocycles. The lowest BCUT2D eigenvalue weighted by molar-refractivity contribution is 0.101. The van der Waals surface area contributed by atoms with Crippen LogP contribution in [0.2, 0.25) is 0 Å². The van der Waals surface area contributed by atoms with Crippen LogP contribution in [0.4, 0.5) is 11.4 Å². The first-order chi connectivity index (χ1) is 15.5. The van der Waals surface area contributed by atoms with Gasteiger partial charge in [-0.2, -0.15) is 0 Å². The monoisotopic (exact) mass is 451 g/mol. The molecule has 0 spiro atoms. The van der Waals surface area contributed by atoms with Gasteiger partial charge >= 0.3 is 0 Å².